The molecule has 0 aliphatic rings. The molecule has 0 unspecified atom stereocenters. The number of carbonyl (C=O) groups is 7. The summed E-state index contributed by atoms with van der Waals surface area (Å²) in [5.41, 5.74) is -0.552. The van der Waals surface area contributed by atoms with Crippen molar-refractivity contribution < 1.29 is 57.2 Å². The van der Waals surface area contributed by atoms with Crippen LogP contribution in [0.5, 0.6) is 0 Å². The number of carbonyl (C=O) groups excluding carboxylic acids is 7. The predicted octanol–water partition coefficient (Wildman–Crippen LogP) is 5.51. The maximum Gasteiger partial charge on any atom is 0.408 e. The highest BCUT2D eigenvalue weighted by atomic mass is 16.6. The van der Waals surface area contributed by atoms with E-state index in [4.69, 9.17) is 23.7 Å². The van der Waals surface area contributed by atoms with Crippen molar-refractivity contribution in [3.05, 3.63) is 59.7 Å². The number of ketones is 2. The number of rotatable bonds is 16. The minimum atomic E-state index is -1.31. The van der Waals surface area contributed by atoms with Gasteiger partial charge in [0.1, 0.15) is 11.6 Å². The molecule has 0 radical (unpaired) electrons. The second kappa shape index (κ2) is 17.7. The molecule has 0 aromatic heterocycles. The summed E-state index contributed by atoms with van der Waals surface area (Å²) in [5, 5.41) is 2.47. The predicted molar refractivity (Wildman–Crippen MR) is 186 cm³/mol. The van der Waals surface area contributed by atoms with Gasteiger partial charge in [-0.25, -0.2) is 9.59 Å². The van der Waals surface area contributed by atoms with Gasteiger partial charge in [0.25, 0.3) is 0 Å². The van der Waals surface area contributed by atoms with Gasteiger partial charge in [0.2, 0.25) is 0 Å². The number of alkyl carbamates (subject to hydrolysis) is 1. The highest BCUT2D eigenvalue weighted by Gasteiger charge is 2.40. The van der Waals surface area contributed by atoms with E-state index < -0.39 is 83.1 Å². The smallest absolute Gasteiger partial charge is 0.408 e. The monoisotopic (exact) mass is 711 g/mol. The van der Waals surface area contributed by atoms with Crippen molar-refractivity contribution in [3.8, 4) is 11.1 Å². The van der Waals surface area contributed by atoms with Gasteiger partial charge in [0.15, 0.2) is 24.8 Å². The molecule has 0 saturated heterocycles. The van der Waals surface area contributed by atoms with Crippen LogP contribution in [0.25, 0.3) is 11.1 Å². The third kappa shape index (κ3) is 13.6. The Morgan fingerprint density at radius 1 is 0.588 bits per heavy atom. The average Bonchev–Trinajstić information content (AvgIpc) is 3.05. The van der Waals surface area contributed by atoms with Crippen LogP contribution < -0.4 is 5.32 Å². The van der Waals surface area contributed by atoms with Gasteiger partial charge in [0, 0.05) is 35.8 Å². The Labute approximate surface area is 298 Å². The molecule has 0 fully saturated rings. The molecule has 0 saturated carbocycles. The second-order valence-electron chi connectivity index (χ2n) is 14.6. The van der Waals surface area contributed by atoms with Crippen molar-refractivity contribution >= 4 is 41.5 Å². The fraction of sp³-hybridized carbons (Fsp3) is 0.500. The first kappa shape index (κ1) is 42.1. The Bertz CT molecular complexity index is 1580. The molecular formula is C38H49NO12. The van der Waals surface area contributed by atoms with Crippen LogP contribution in [0.4, 0.5) is 4.79 Å². The molecule has 278 valence electrons. The van der Waals surface area contributed by atoms with Gasteiger partial charge in [-0.15, -0.1) is 0 Å². The zero-order valence-electron chi connectivity index (χ0n) is 31.0. The first-order chi connectivity index (χ1) is 23.5. The summed E-state index contributed by atoms with van der Waals surface area (Å²) < 4.78 is 25.9. The maximum absolute atomic E-state index is 13.1. The van der Waals surface area contributed by atoms with E-state index >= 15 is 0 Å². The fourth-order valence-corrected chi connectivity index (χ4v) is 4.45. The summed E-state index contributed by atoms with van der Waals surface area (Å²) in [5.74, 6) is -4.04. The number of esters is 4. The van der Waals surface area contributed by atoms with Crippen molar-refractivity contribution in [1.82, 2.24) is 5.32 Å². The zero-order valence-corrected chi connectivity index (χ0v) is 31.0. The number of nitrogens with one attached hydrogen (secondary N) is 1. The van der Waals surface area contributed by atoms with Gasteiger partial charge in [-0.1, -0.05) is 83.1 Å². The van der Waals surface area contributed by atoms with Gasteiger partial charge >= 0.3 is 30.0 Å². The summed E-state index contributed by atoms with van der Waals surface area (Å²) in [4.78, 5) is 86.4. The zero-order chi connectivity index (χ0) is 38.7. The minimum absolute atomic E-state index is 0.0326. The van der Waals surface area contributed by atoms with Crippen LogP contribution in [0.2, 0.25) is 0 Å². The number of hydrogen-bond acceptors (Lipinski definition) is 12. The lowest BCUT2D eigenvalue weighted by Crippen LogP contribution is -2.54. The molecule has 0 heterocycles. The summed E-state index contributed by atoms with van der Waals surface area (Å²) >= 11 is 0. The molecule has 2 aromatic rings. The standard InChI is InChI=1S/C38H49NO12/c1-23(37(7,8)21-49-24(2)40)33(44)47-19-30(42)28-15-11-26(12-16-28)27-13-17-29(18-14-27)31(43)20-48-34(45)32(38(9,10)22-50-25(3)41)39-35(46)51-36(4,5)6/h11-18,23,32H,19-22H2,1-10H3,(H,39,46)/t23-,32-/m1/s1. The molecule has 2 rings (SSSR count). The molecule has 2 aromatic carbocycles. The van der Waals surface area contributed by atoms with Gasteiger partial charge in [-0.05, 0) is 31.9 Å². The fourth-order valence-electron chi connectivity index (χ4n) is 4.45. The van der Waals surface area contributed by atoms with Gasteiger partial charge < -0.3 is 29.0 Å². The molecule has 0 spiro atoms. The van der Waals surface area contributed by atoms with Crippen molar-refractivity contribution in [3.63, 3.8) is 0 Å². The highest BCUT2D eigenvalue weighted by Crippen LogP contribution is 2.28. The van der Waals surface area contributed by atoms with E-state index in [1.807, 2.05) is 0 Å². The minimum Gasteiger partial charge on any atom is -0.465 e. The number of Topliss-reactive ketones (excluding diaryl/α,β-unsaturated/α-hetero) is 2. The number of ether oxygens (including phenoxy) is 5. The average molecular weight is 712 g/mol. The second-order valence-corrected chi connectivity index (χ2v) is 14.6. The van der Waals surface area contributed by atoms with E-state index in [2.05, 4.69) is 5.32 Å². The lowest BCUT2D eigenvalue weighted by molar-refractivity contribution is -0.156. The lowest BCUT2D eigenvalue weighted by Gasteiger charge is -2.33. The Kier molecular flexibility index (Phi) is 14.6. The Balaban J connectivity index is 2.02. The van der Waals surface area contributed by atoms with Crippen LogP contribution >= 0.6 is 0 Å². The third-order valence-electron chi connectivity index (χ3n) is 7.94. The quantitative estimate of drug-likeness (QED) is 0.131. The van der Waals surface area contributed by atoms with E-state index in [1.54, 1.807) is 104 Å². The first-order valence-corrected chi connectivity index (χ1v) is 16.4. The van der Waals surface area contributed by atoms with Crippen LogP contribution in [0.3, 0.4) is 0 Å². The highest BCUT2D eigenvalue weighted by molar-refractivity contribution is 5.99. The van der Waals surface area contributed by atoms with E-state index in [0.29, 0.717) is 5.56 Å². The van der Waals surface area contributed by atoms with Gasteiger partial charge in [-0.3, -0.25) is 24.0 Å². The lowest BCUT2D eigenvalue weighted by atomic mass is 9.81. The van der Waals surface area contributed by atoms with E-state index in [1.165, 1.54) is 13.8 Å². The Hall–Kier alpha value is -5.07. The molecule has 0 bridgehead atoms. The summed E-state index contributed by atoms with van der Waals surface area (Å²) in [6, 6.07) is 11.8. The molecule has 1 amide bonds. The Morgan fingerprint density at radius 3 is 1.37 bits per heavy atom. The topological polar surface area (TPSA) is 178 Å². The van der Waals surface area contributed by atoms with Crippen molar-refractivity contribution in [2.45, 2.75) is 80.9 Å². The molecule has 13 heteroatoms. The molecule has 0 aliphatic carbocycles. The number of hydrogen-bond donors (Lipinski definition) is 1. The molecular weight excluding hydrogens is 662 g/mol. The van der Waals surface area contributed by atoms with Crippen LogP contribution in [0.15, 0.2) is 48.5 Å². The largest absolute Gasteiger partial charge is 0.465 e. The van der Waals surface area contributed by atoms with Gasteiger partial charge in [0.05, 0.1) is 19.1 Å². The molecule has 0 aliphatic heterocycles. The third-order valence-corrected chi connectivity index (χ3v) is 7.94. The maximum atomic E-state index is 13.1. The van der Waals surface area contributed by atoms with Crippen LogP contribution in [0.1, 0.15) is 90.0 Å². The van der Waals surface area contributed by atoms with E-state index in [0.717, 1.165) is 11.1 Å². The molecule has 2 atom stereocenters. The number of amides is 1. The SMILES string of the molecule is CC(=O)OCC(C)(C)[C@H](C)C(=O)OCC(=O)c1ccc(-c2ccc(C(=O)COC(=O)[C@@H](NC(=O)OC(C)(C)C)C(C)(C)COC(C)=O)cc2)cc1. The van der Waals surface area contributed by atoms with Crippen molar-refractivity contribution in [2.24, 2.45) is 16.7 Å². The summed E-state index contributed by atoms with van der Waals surface area (Å²) in [7, 11) is 0. The van der Waals surface area contributed by atoms with E-state index in [-0.39, 0.29) is 18.8 Å². The number of benzene rings is 2. The van der Waals surface area contributed by atoms with Crippen LogP contribution in [-0.4, -0.2) is 79.6 Å². The van der Waals surface area contributed by atoms with Gasteiger partial charge in [-0.2, -0.15) is 0 Å². The van der Waals surface area contributed by atoms with Crippen LogP contribution in [0, 0.1) is 16.7 Å². The normalized spacial score (nSPS) is 12.8. The first-order valence-electron chi connectivity index (χ1n) is 16.4. The van der Waals surface area contributed by atoms with Crippen molar-refractivity contribution in [2.75, 3.05) is 26.4 Å². The summed E-state index contributed by atoms with van der Waals surface area (Å²) in [6.07, 6.45) is -0.883. The van der Waals surface area contributed by atoms with Crippen molar-refractivity contribution in [1.29, 1.82) is 0 Å². The molecule has 1 N–H and O–H groups in total. The summed E-state index contributed by atoms with van der Waals surface area (Å²) in [6.45, 7) is 14.6. The molecule has 51 heavy (non-hydrogen) atoms. The molecule has 13 nitrogen and oxygen atoms in total. The Morgan fingerprint density at radius 2 is 0.980 bits per heavy atom. The van der Waals surface area contributed by atoms with E-state index in [9.17, 15) is 33.6 Å². The van der Waals surface area contributed by atoms with Crippen LogP contribution in [-0.2, 0) is 42.9 Å².